The Bertz CT molecular complexity index is 2640. The Morgan fingerprint density at radius 1 is 0.479 bits per heavy atom. The van der Waals surface area contributed by atoms with Crippen LogP contribution in [-0.4, -0.2) is 14.2 Å². The quantitative estimate of drug-likeness (QED) is 0.154. The molecular weight excluding hydrogens is 602 g/mol. The van der Waals surface area contributed by atoms with Crippen molar-refractivity contribution >= 4 is 66.4 Å². The van der Waals surface area contributed by atoms with Gasteiger partial charge in [0, 0.05) is 45.7 Å². The van der Waals surface area contributed by atoms with Crippen molar-refractivity contribution in [3.05, 3.63) is 157 Å². The summed E-state index contributed by atoms with van der Waals surface area (Å²) in [5.41, 5.74) is 1.43. The molecule has 8 rings (SSSR count). The molecule has 0 unspecified atom stereocenters. The summed E-state index contributed by atoms with van der Waals surface area (Å²) in [7, 11) is 2.99. The Labute approximate surface area is 288 Å². The number of hydrogen-bond donors (Lipinski definition) is 0. The van der Waals surface area contributed by atoms with E-state index in [-0.39, 0.29) is 11.4 Å². The van der Waals surface area contributed by atoms with Gasteiger partial charge in [0.2, 0.25) is 0 Å². The summed E-state index contributed by atoms with van der Waals surface area (Å²) in [6, 6.07) is 23.0. The van der Waals surface area contributed by atoms with Gasteiger partial charge in [-0.3, -0.25) is 0 Å². The molecule has 0 saturated carbocycles. The Balaban J connectivity index is 1.47. The van der Waals surface area contributed by atoms with Gasteiger partial charge in [0.1, 0.15) is 23.1 Å². The molecule has 0 amide bonds. The standard InChI is InChI=1S/C42H30F2N2O2/c1-47-35-7-3-5-33(25-35)45(31-17-13-29(43)14-18-31)39-23-11-27-10-22-38-40(24-12-28-9-21-37(39)41(27)42(28)38)46(32-19-15-30(44)16-20-32)34-6-4-8-36(26-34)48-2/h3-26H,1-2H3/i13D,14D,15D,16D,17D,18D,19D,20D. The smallest absolute Gasteiger partial charge is 0.123 e. The summed E-state index contributed by atoms with van der Waals surface area (Å²) in [4.78, 5) is 3.11. The zero-order valence-corrected chi connectivity index (χ0v) is 25.7. The first kappa shape index (κ1) is 21.6. The summed E-state index contributed by atoms with van der Waals surface area (Å²) in [6.45, 7) is 0. The van der Waals surface area contributed by atoms with Gasteiger partial charge in [0.05, 0.1) is 36.6 Å². The molecular formula is C42H30F2N2O2. The maximum absolute atomic E-state index is 14.9. The Hall–Kier alpha value is -6.14. The van der Waals surface area contributed by atoms with Crippen LogP contribution in [0.1, 0.15) is 11.0 Å². The van der Waals surface area contributed by atoms with Crippen LogP contribution in [0.25, 0.3) is 32.3 Å². The molecule has 0 radical (unpaired) electrons. The Morgan fingerprint density at radius 2 is 0.875 bits per heavy atom. The zero-order chi connectivity index (χ0) is 39.7. The highest BCUT2D eigenvalue weighted by Crippen LogP contribution is 2.47. The molecule has 0 aromatic heterocycles. The minimum atomic E-state index is -1.26. The Kier molecular flexibility index (Phi) is 5.36. The van der Waals surface area contributed by atoms with E-state index >= 15 is 0 Å². The third-order valence-electron chi connectivity index (χ3n) is 8.33. The lowest BCUT2D eigenvalue weighted by molar-refractivity contribution is 0.415. The molecule has 48 heavy (non-hydrogen) atoms. The van der Waals surface area contributed by atoms with E-state index < -0.39 is 60.0 Å². The molecule has 0 aliphatic heterocycles. The van der Waals surface area contributed by atoms with Crippen molar-refractivity contribution in [2.75, 3.05) is 24.0 Å². The molecule has 0 saturated heterocycles. The fraction of sp³-hybridized carbons (Fsp3) is 0.0476. The molecule has 0 spiro atoms. The van der Waals surface area contributed by atoms with Crippen LogP contribution in [0.5, 0.6) is 11.5 Å². The van der Waals surface area contributed by atoms with Gasteiger partial charge >= 0.3 is 0 Å². The molecule has 0 heterocycles. The van der Waals surface area contributed by atoms with E-state index in [2.05, 4.69) is 0 Å². The van der Waals surface area contributed by atoms with E-state index in [0.29, 0.717) is 45.0 Å². The third-order valence-corrected chi connectivity index (χ3v) is 8.33. The lowest BCUT2D eigenvalue weighted by atomic mass is 9.91. The maximum Gasteiger partial charge on any atom is 0.123 e. The van der Waals surface area contributed by atoms with Crippen LogP contribution in [0, 0.1) is 11.6 Å². The number of methoxy groups -OCH3 is 2. The second-order valence-corrected chi connectivity index (χ2v) is 11.0. The highest BCUT2D eigenvalue weighted by Gasteiger charge is 2.22. The van der Waals surface area contributed by atoms with Crippen LogP contribution in [-0.2, 0) is 0 Å². The second kappa shape index (κ2) is 11.9. The van der Waals surface area contributed by atoms with E-state index in [1.165, 1.54) is 14.2 Å². The van der Waals surface area contributed by atoms with Crippen molar-refractivity contribution in [1.82, 2.24) is 0 Å². The first-order chi connectivity index (χ1) is 26.9. The predicted octanol–water partition coefficient (Wildman–Crippen LogP) is 11.8. The van der Waals surface area contributed by atoms with E-state index in [1.54, 1.807) is 70.5 Å². The van der Waals surface area contributed by atoms with Crippen molar-refractivity contribution < 1.29 is 29.2 Å². The number of halogens is 2. The van der Waals surface area contributed by atoms with Crippen LogP contribution in [0.4, 0.5) is 42.9 Å². The second-order valence-electron chi connectivity index (χ2n) is 11.0. The highest BCUT2D eigenvalue weighted by molar-refractivity contribution is 6.28. The van der Waals surface area contributed by atoms with Gasteiger partial charge in [-0.1, -0.05) is 48.5 Å². The molecule has 0 atom stereocenters. The van der Waals surface area contributed by atoms with Crippen molar-refractivity contribution in [1.29, 1.82) is 0 Å². The summed E-state index contributed by atoms with van der Waals surface area (Å²) < 4.78 is 110. The van der Waals surface area contributed by atoms with Gasteiger partial charge in [-0.05, 0) is 106 Å². The van der Waals surface area contributed by atoms with Gasteiger partial charge < -0.3 is 19.3 Å². The van der Waals surface area contributed by atoms with Gasteiger partial charge in [0.15, 0.2) is 0 Å². The summed E-state index contributed by atoms with van der Waals surface area (Å²) in [6.07, 6.45) is 0. The van der Waals surface area contributed by atoms with Crippen molar-refractivity contribution in [2.45, 2.75) is 0 Å². The largest absolute Gasteiger partial charge is 0.497 e. The minimum Gasteiger partial charge on any atom is -0.497 e. The number of anilines is 6. The summed E-state index contributed by atoms with van der Waals surface area (Å²) >= 11 is 0. The van der Waals surface area contributed by atoms with Gasteiger partial charge in [-0.2, -0.15) is 0 Å². The first-order valence-electron chi connectivity index (χ1n) is 19.0. The van der Waals surface area contributed by atoms with Crippen molar-refractivity contribution in [3.8, 4) is 11.5 Å². The Morgan fingerprint density at radius 3 is 1.27 bits per heavy atom. The molecule has 6 heteroatoms. The number of rotatable bonds is 8. The highest BCUT2D eigenvalue weighted by atomic mass is 19.1. The van der Waals surface area contributed by atoms with E-state index in [0.717, 1.165) is 21.5 Å². The third kappa shape index (κ3) is 4.99. The molecule has 4 nitrogen and oxygen atoms in total. The molecule has 8 aromatic carbocycles. The van der Waals surface area contributed by atoms with Crippen molar-refractivity contribution in [2.24, 2.45) is 0 Å². The van der Waals surface area contributed by atoms with Gasteiger partial charge in [-0.25, -0.2) is 8.78 Å². The average Bonchev–Trinajstić information content (AvgIpc) is 3.23. The molecule has 0 aliphatic carbocycles. The zero-order valence-electron chi connectivity index (χ0n) is 33.7. The monoisotopic (exact) mass is 640 g/mol. The molecule has 0 bridgehead atoms. The summed E-state index contributed by atoms with van der Waals surface area (Å²) in [5, 5.41) is 4.38. The SMILES string of the molecule is [2H]c1c([2H])c(N(c2cccc(OC)c2)c2ccc3ccc4c(N(c5cccc(OC)c5)c5c([2H])c([2H])c(F)c([2H])c5[2H])ccc5ccc2c3c54)c([2H])c([2H])c1F. The van der Waals surface area contributed by atoms with Crippen LogP contribution < -0.4 is 19.3 Å². The number of ether oxygens (including phenoxy) is 2. The number of hydrogen-bond acceptors (Lipinski definition) is 4. The molecule has 234 valence electrons. The first-order valence-corrected chi connectivity index (χ1v) is 15.0. The fourth-order valence-corrected chi connectivity index (χ4v) is 6.24. The number of benzene rings is 8. The van der Waals surface area contributed by atoms with Crippen LogP contribution in [0.2, 0.25) is 0 Å². The van der Waals surface area contributed by atoms with E-state index in [9.17, 15) is 8.78 Å². The molecule has 0 aliphatic rings. The van der Waals surface area contributed by atoms with Gasteiger partial charge in [0.25, 0.3) is 0 Å². The van der Waals surface area contributed by atoms with Crippen LogP contribution in [0.15, 0.2) is 145 Å². The van der Waals surface area contributed by atoms with Crippen LogP contribution in [0.3, 0.4) is 0 Å². The molecule has 8 aromatic rings. The van der Waals surface area contributed by atoms with Gasteiger partial charge in [-0.15, -0.1) is 0 Å². The van der Waals surface area contributed by atoms with E-state index in [4.69, 9.17) is 20.4 Å². The van der Waals surface area contributed by atoms with Crippen molar-refractivity contribution in [3.63, 3.8) is 0 Å². The van der Waals surface area contributed by atoms with Crippen LogP contribution >= 0.6 is 0 Å². The maximum atomic E-state index is 14.9. The minimum absolute atomic E-state index is 0.172. The normalized spacial score (nSPS) is 13.7. The number of nitrogens with zero attached hydrogens (tertiary/aromatic N) is 2. The molecule has 0 fully saturated rings. The fourth-order valence-electron chi connectivity index (χ4n) is 6.24. The lowest BCUT2D eigenvalue weighted by Crippen LogP contribution is -2.11. The molecule has 0 N–H and O–H groups in total. The summed E-state index contributed by atoms with van der Waals surface area (Å²) in [5.74, 6) is -1.61. The van der Waals surface area contributed by atoms with E-state index in [1.807, 2.05) is 36.4 Å². The predicted molar refractivity (Wildman–Crippen MR) is 193 cm³/mol. The average molecular weight is 641 g/mol. The lowest BCUT2D eigenvalue weighted by Gasteiger charge is -2.29. The topological polar surface area (TPSA) is 24.9 Å².